The fourth-order valence-electron chi connectivity index (χ4n) is 7.41. The first-order valence-corrected chi connectivity index (χ1v) is 17.1. The first kappa shape index (κ1) is 30.7. The van der Waals surface area contributed by atoms with Gasteiger partial charge in [-0.15, -0.1) is 0 Å². The van der Waals surface area contributed by atoms with E-state index in [1.54, 1.807) is 11.9 Å². The summed E-state index contributed by atoms with van der Waals surface area (Å²) < 4.78 is 0. The van der Waals surface area contributed by atoms with Crippen LogP contribution in [0.1, 0.15) is 61.4 Å². The summed E-state index contributed by atoms with van der Waals surface area (Å²) in [4.78, 5) is 40.4. The summed E-state index contributed by atoms with van der Waals surface area (Å²) in [5, 5.41) is 6.72. The predicted molar refractivity (Wildman–Crippen MR) is 184 cm³/mol. The number of carbonyl (C=O) groups excluding carboxylic acids is 2. The molecule has 3 heterocycles. The molecule has 0 spiro atoms. The Hall–Kier alpha value is -3.95. The Kier molecular flexibility index (Phi) is 8.95. The van der Waals surface area contributed by atoms with Crippen LogP contribution in [0.15, 0.2) is 66.7 Å². The standard InChI is InChI=1S/C37H47N7O2/c1-26-37(46)41(2)33-17-18-34(40-35(33)44(26)25-27-7-4-3-5-8-27)38-31-10-6-9-29(23-31)36(45)39-30-13-15-32(16-14-30)43-21-19-42(20-22-43)24-28-11-12-28/h3-10,17-18,23,26,28,30,32H,11-16,19-22,24-25H2,1-2H3,(H,38,40)(H,39,45)/t26-,30?,32?/m1/s1. The van der Waals surface area contributed by atoms with Gasteiger partial charge in [0.25, 0.3) is 5.91 Å². The van der Waals surface area contributed by atoms with Gasteiger partial charge >= 0.3 is 0 Å². The number of nitrogens with zero attached hydrogens (tertiary/aromatic N) is 5. The number of aromatic nitrogens is 1. The Morgan fingerprint density at radius 1 is 0.891 bits per heavy atom. The first-order valence-electron chi connectivity index (χ1n) is 17.1. The minimum Gasteiger partial charge on any atom is -0.349 e. The van der Waals surface area contributed by atoms with Gasteiger partial charge in [-0.2, -0.15) is 0 Å². The van der Waals surface area contributed by atoms with E-state index in [4.69, 9.17) is 4.98 Å². The van der Waals surface area contributed by atoms with Gasteiger partial charge in [-0.3, -0.25) is 14.5 Å². The van der Waals surface area contributed by atoms with Gasteiger partial charge < -0.3 is 25.3 Å². The smallest absolute Gasteiger partial charge is 0.251 e. The Morgan fingerprint density at radius 2 is 1.65 bits per heavy atom. The molecule has 4 aliphatic rings. The molecule has 1 saturated heterocycles. The molecule has 2 aliphatic heterocycles. The van der Waals surface area contributed by atoms with E-state index in [1.807, 2.05) is 61.5 Å². The molecule has 9 nitrogen and oxygen atoms in total. The Morgan fingerprint density at radius 3 is 2.39 bits per heavy atom. The average Bonchev–Trinajstić information content (AvgIpc) is 3.91. The Labute approximate surface area is 273 Å². The Bertz CT molecular complexity index is 1530. The highest BCUT2D eigenvalue weighted by Gasteiger charge is 2.35. The summed E-state index contributed by atoms with van der Waals surface area (Å²) in [5.41, 5.74) is 3.34. The molecular formula is C37H47N7O2. The second kappa shape index (κ2) is 13.4. The van der Waals surface area contributed by atoms with Crippen molar-refractivity contribution in [2.75, 3.05) is 54.9 Å². The summed E-state index contributed by atoms with van der Waals surface area (Å²) in [5.74, 6) is 2.41. The molecule has 3 aromatic rings. The van der Waals surface area contributed by atoms with E-state index in [0.717, 1.165) is 54.4 Å². The van der Waals surface area contributed by atoms with Crippen LogP contribution in [0.3, 0.4) is 0 Å². The molecule has 242 valence electrons. The van der Waals surface area contributed by atoms with Crippen LogP contribution in [0.5, 0.6) is 0 Å². The van der Waals surface area contributed by atoms with Crippen molar-refractivity contribution in [1.82, 2.24) is 20.1 Å². The average molecular weight is 622 g/mol. The number of rotatable bonds is 9. The lowest BCUT2D eigenvalue weighted by molar-refractivity contribution is -0.119. The third kappa shape index (κ3) is 6.90. The van der Waals surface area contributed by atoms with Crippen molar-refractivity contribution in [3.8, 4) is 0 Å². The van der Waals surface area contributed by atoms with Crippen molar-refractivity contribution in [3.05, 3.63) is 77.9 Å². The van der Waals surface area contributed by atoms with Crippen molar-refractivity contribution in [2.24, 2.45) is 5.92 Å². The van der Waals surface area contributed by atoms with Crippen molar-refractivity contribution >= 4 is 34.8 Å². The van der Waals surface area contributed by atoms with Gasteiger partial charge in [0.15, 0.2) is 5.82 Å². The van der Waals surface area contributed by atoms with Crippen LogP contribution < -0.4 is 20.4 Å². The quantitative estimate of drug-likeness (QED) is 0.337. The zero-order chi connectivity index (χ0) is 31.6. The van der Waals surface area contributed by atoms with Crippen LogP contribution in [0, 0.1) is 5.92 Å². The number of fused-ring (bicyclic) bond motifs is 1. The lowest BCUT2D eigenvalue weighted by atomic mass is 9.89. The van der Waals surface area contributed by atoms with Crippen molar-refractivity contribution < 1.29 is 9.59 Å². The second-order valence-corrected chi connectivity index (χ2v) is 13.7. The van der Waals surface area contributed by atoms with Crippen molar-refractivity contribution in [1.29, 1.82) is 0 Å². The largest absolute Gasteiger partial charge is 0.349 e. The minimum atomic E-state index is -0.343. The number of hydrogen-bond acceptors (Lipinski definition) is 7. The van der Waals surface area contributed by atoms with Gasteiger partial charge in [0.1, 0.15) is 11.9 Å². The van der Waals surface area contributed by atoms with Crippen LogP contribution in [0.25, 0.3) is 0 Å². The maximum absolute atomic E-state index is 13.3. The SMILES string of the molecule is C[C@@H]1C(=O)N(C)c2ccc(Nc3cccc(C(=O)NC4CCC(N5CCN(CC6CC6)CC5)CC4)c3)nc2N1Cc1ccccc1. The van der Waals surface area contributed by atoms with Gasteiger partial charge in [-0.1, -0.05) is 36.4 Å². The molecule has 0 radical (unpaired) electrons. The number of pyridine rings is 1. The number of anilines is 4. The number of piperazine rings is 1. The third-order valence-electron chi connectivity index (χ3n) is 10.4. The second-order valence-electron chi connectivity index (χ2n) is 13.7. The monoisotopic (exact) mass is 621 g/mol. The summed E-state index contributed by atoms with van der Waals surface area (Å²) >= 11 is 0. The van der Waals surface area contributed by atoms with E-state index in [0.29, 0.717) is 24.0 Å². The zero-order valence-corrected chi connectivity index (χ0v) is 27.2. The molecule has 0 bridgehead atoms. The van der Waals surface area contributed by atoms with E-state index < -0.39 is 0 Å². The summed E-state index contributed by atoms with van der Waals surface area (Å²) in [6, 6.07) is 22.1. The number of amides is 2. The molecule has 46 heavy (non-hydrogen) atoms. The molecule has 0 unspecified atom stereocenters. The molecule has 1 atom stereocenters. The maximum atomic E-state index is 13.3. The molecule has 2 aliphatic carbocycles. The van der Waals surface area contributed by atoms with Gasteiger partial charge in [0.05, 0.1) is 5.69 Å². The normalized spacial score (nSPS) is 24.0. The van der Waals surface area contributed by atoms with Crippen molar-refractivity contribution in [2.45, 2.75) is 70.1 Å². The highest BCUT2D eigenvalue weighted by Crippen LogP contribution is 2.36. The van der Waals surface area contributed by atoms with E-state index in [9.17, 15) is 9.59 Å². The van der Waals surface area contributed by atoms with Gasteiger partial charge in [0, 0.05) is 69.7 Å². The zero-order valence-electron chi connectivity index (χ0n) is 27.2. The molecule has 7 rings (SSSR count). The van der Waals surface area contributed by atoms with E-state index >= 15 is 0 Å². The number of likely N-dealkylation sites (N-methyl/N-ethyl adjacent to an activating group) is 1. The number of hydrogen-bond donors (Lipinski definition) is 2. The maximum Gasteiger partial charge on any atom is 0.251 e. The minimum absolute atomic E-state index is 0.0258. The van der Waals surface area contributed by atoms with Crippen LogP contribution in [0.2, 0.25) is 0 Å². The van der Waals surface area contributed by atoms with Crippen LogP contribution in [-0.4, -0.2) is 84.5 Å². The van der Waals surface area contributed by atoms with Gasteiger partial charge in [0.2, 0.25) is 5.91 Å². The van der Waals surface area contributed by atoms with Crippen molar-refractivity contribution in [3.63, 3.8) is 0 Å². The first-order chi connectivity index (χ1) is 22.4. The highest BCUT2D eigenvalue weighted by atomic mass is 16.2. The van der Waals surface area contributed by atoms with Crippen LogP contribution >= 0.6 is 0 Å². The summed E-state index contributed by atoms with van der Waals surface area (Å²) in [6.45, 7) is 8.61. The van der Waals surface area contributed by atoms with Gasteiger partial charge in [-0.05, 0) is 87.3 Å². The molecule has 9 heteroatoms. The molecule has 2 aromatic carbocycles. The molecule has 2 N–H and O–H groups in total. The Balaban J connectivity index is 0.960. The van der Waals surface area contributed by atoms with E-state index in [2.05, 4.69) is 37.5 Å². The van der Waals surface area contributed by atoms with Crippen LogP contribution in [-0.2, 0) is 11.3 Å². The number of nitrogens with one attached hydrogen (secondary N) is 2. The molecule has 3 fully saturated rings. The van der Waals surface area contributed by atoms with E-state index in [1.165, 1.54) is 45.6 Å². The third-order valence-corrected chi connectivity index (χ3v) is 10.4. The lowest BCUT2D eigenvalue weighted by Gasteiger charge is -2.42. The summed E-state index contributed by atoms with van der Waals surface area (Å²) in [6.07, 6.45) is 7.23. The topological polar surface area (TPSA) is 84.0 Å². The van der Waals surface area contributed by atoms with E-state index in [-0.39, 0.29) is 23.9 Å². The summed E-state index contributed by atoms with van der Waals surface area (Å²) in [7, 11) is 1.80. The van der Waals surface area contributed by atoms with Gasteiger partial charge in [-0.25, -0.2) is 4.98 Å². The molecule has 2 saturated carbocycles. The molecule has 1 aromatic heterocycles. The molecular weight excluding hydrogens is 574 g/mol. The highest BCUT2D eigenvalue weighted by molar-refractivity contribution is 6.04. The molecule has 2 amide bonds. The lowest BCUT2D eigenvalue weighted by Crippen LogP contribution is -2.52. The van der Waals surface area contributed by atoms with Crippen LogP contribution in [0.4, 0.5) is 23.0 Å². The predicted octanol–water partition coefficient (Wildman–Crippen LogP) is 5.27. The fourth-order valence-corrected chi connectivity index (χ4v) is 7.41. The number of benzene rings is 2. The fraction of sp³-hybridized carbons (Fsp3) is 0.486. The number of carbonyl (C=O) groups is 2.